The standard InChI is InChI=1S/C17H28FN/c1-6-17(14-8-7-9-15(18)10-14)19-11-16(12(2)3)13(4)5/h7-10,12-13,16-17,19H,6,11H2,1-5H3. The van der Waals surface area contributed by atoms with E-state index < -0.39 is 0 Å². The van der Waals surface area contributed by atoms with Crippen molar-refractivity contribution >= 4 is 0 Å². The van der Waals surface area contributed by atoms with Gasteiger partial charge < -0.3 is 5.32 Å². The number of benzene rings is 1. The zero-order valence-corrected chi connectivity index (χ0v) is 12.9. The van der Waals surface area contributed by atoms with Crippen LogP contribution in [0.3, 0.4) is 0 Å². The highest BCUT2D eigenvalue weighted by Crippen LogP contribution is 2.22. The van der Waals surface area contributed by atoms with E-state index in [-0.39, 0.29) is 11.9 Å². The van der Waals surface area contributed by atoms with Crippen LogP contribution in [-0.4, -0.2) is 6.54 Å². The van der Waals surface area contributed by atoms with Crippen LogP contribution in [0.4, 0.5) is 4.39 Å². The van der Waals surface area contributed by atoms with E-state index in [1.165, 1.54) is 6.07 Å². The van der Waals surface area contributed by atoms with E-state index in [0.29, 0.717) is 17.8 Å². The van der Waals surface area contributed by atoms with E-state index in [0.717, 1.165) is 18.5 Å². The van der Waals surface area contributed by atoms with Crippen molar-refractivity contribution in [1.29, 1.82) is 0 Å². The highest BCUT2D eigenvalue weighted by atomic mass is 19.1. The Morgan fingerprint density at radius 2 is 1.74 bits per heavy atom. The van der Waals surface area contributed by atoms with Gasteiger partial charge in [0, 0.05) is 6.04 Å². The van der Waals surface area contributed by atoms with Crippen LogP contribution < -0.4 is 5.32 Å². The lowest BCUT2D eigenvalue weighted by atomic mass is 9.85. The SMILES string of the molecule is CCC(NCC(C(C)C)C(C)C)c1cccc(F)c1. The fourth-order valence-electron chi connectivity index (χ4n) is 2.74. The summed E-state index contributed by atoms with van der Waals surface area (Å²) in [4.78, 5) is 0. The molecule has 0 spiro atoms. The maximum atomic E-state index is 13.3. The number of halogens is 1. The zero-order chi connectivity index (χ0) is 14.4. The van der Waals surface area contributed by atoms with Gasteiger partial charge >= 0.3 is 0 Å². The first-order chi connectivity index (χ1) is 8.95. The molecule has 1 N–H and O–H groups in total. The average Bonchev–Trinajstić information content (AvgIpc) is 2.33. The summed E-state index contributed by atoms with van der Waals surface area (Å²) >= 11 is 0. The molecule has 0 aliphatic carbocycles. The van der Waals surface area contributed by atoms with Gasteiger partial charge in [0.2, 0.25) is 0 Å². The van der Waals surface area contributed by atoms with Crippen molar-refractivity contribution in [3.8, 4) is 0 Å². The number of rotatable bonds is 7. The van der Waals surface area contributed by atoms with Crippen LogP contribution in [0.1, 0.15) is 52.6 Å². The topological polar surface area (TPSA) is 12.0 Å². The molecule has 0 heterocycles. The molecule has 0 amide bonds. The highest BCUT2D eigenvalue weighted by Gasteiger charge is 2.19. The molecule has 1 nitrogen and oxygen atoms in total. The highest BCUT2D eigenvalue weighted by molar-refractivity contribution is 5.20. The van der Waals surface area contributed by atoms with E-state index in [1.54, 1.807) is 12.1 Å². The molecule has 0 aliphatic rings. The summed E-state index contributed by atoms with van der Waals surface area (Å²) in [6, 6.07) is 7.18. The van der Waals surface area contributed by atoms with Gasteiger partial charge in [-0.3, -0.25) is 0 Å². The molecule has 1 aromatic rings. The second-order valence-electron chi connectivity index (χ2n) is 6.08. The van der Waals surface area contributed by atoms with Gasteiger partial charge in [0.15, 0.2) is 0 Å². The molecule has 1 aromatic carbocycles. The normalized spacial score (nSPS) is 13.5. The Bertz CT molecular complexity index is 365. The summed E-state index contributed by atoms with van der Waals surface area (Å²) in [5, 5.41) is 3.61. The van der Waals surface area contributed by atoms with Crippen molar-refractivity contribution in [2.75, 3.05) is 6.54 Å². The first kappa shape index (κ1) is 16.2. The van der Waals surface area contributed by atoms with E-state index in [9.17, 15) is 4.39 Å². The molecule has 0 saturated carbocycles. The molecular formula is C17H28FN. The quantitative estimate of drug-likeness (QED) is 0.747. The fraction of sp³-hybridized carbons (Fsp3) is 0.647. The summed E-state index contributed by atoms with van der Waals surface area (Å²) < 4.78 is 13.3. The molecule has 0 bridgehead atoms. The first-order valence-electron chi connectivity index (χ1n) is 7.44. The number of hydrogen-bond acceptors (Lipinski definition) is 1. The third-order valence-corrected chi connectivity index (χ3v) is 3.97. The van der Waals surface area contributed by atoms with Gasteiger partial charge in [-0.2, -0.15) is 0 Å². The largest absolute Gasteiger partial charge is 0.310 e. The predicted molar refractivity (Wildman–Crippen MR) is 80.6 cm³/mol. The Labute approximate surface area is 117 Å². The van der Waals surface area contributed by atoms with Crippen LogP contribution in [0.2, 0.25) is 0 Å². The lowest BCUT2D eigenvalue weighted by Crippen LogP contribution is -2.32. The molecule has 2 heteroatoms. The van der Waals surface area contributed by atoms with Gasteiger partial charge in [0.25, 0.3) is 0 Å². The minimum absolute atomic E-state index is 0.151. The average molecular weight is 265 g/mol. The van der Waals surface area contributed by atoms with Gasteiger partial charge in [-0.25, -0.2) is 4.39 Å². The summed E-state index contributed by atoms with van der Waals surface area (Å²) in [6.45, 7) is 12.2. The lowest BCUT2D eigenvalue weighted by molar-refractivity contribution is 0.264. The minimum Gasteiger partial charge on any atom is -0.310 e. The molecule has 0 saturated heterocycles. The molecule has 0 fully saturated rings. The molecule has 1 rings (SSSR count). The minimum atomic E-state index is -0.151. The molecule has 0 aromatic heterocycles. The third kappa shape index (κ3) is 4.94. The van der Waals surface area contributed by atoms with Crippen LogP contribution in [0.25, 0.3) is 0 Å². The monoisotopic (exact) mass is 265 g/mol. The second kappa shape index (κ2) is 7.64. The molecule has 1 atom stereocenters. The Hall–Kier alpha value is -0.890. The van der Waals surface area contributed by atoms with Gasteiger partial charge in [-0.15, -0.1) is 0 Å². The van der Waals surface area contributed by atoms with E-state index in [1.807, 2.05) is 6.07 Å². The van der Waals surface area contributed by atoms with Crippen LogP contribution in [-0.2, 0) is 0 Å². The van der Waals surface area contributed by atoms with Gasteiger partial charge in [-0.05, 0) is 48.4 Å². The molecule has 0 aliphatic heterocycles. The molecule has 1 unspecified atom stereocenters. The summed E-state index contributed by atoms with van der Waals surface area (Å²) in [5.74, 6) is 1.83. The van der Waals surface area contributed by atoms with Crippen LogP contribution in [0.5, 0.6) is 0 Å². The van der Waals surface area contributed by atoms with Gasteiger partial charge in [-0.1, -0.05) is 46.8 Å². The van der Waals surface area contributed by atoms with Gasteiger partial charge in [0.1, 0.15) is 5.82 Å². The number of hydrogen-bond donors (Lipinski definition) is 1. The molecular weight excluding hydrogens is 237 g/mol. The Balaban J connectivity index is 2.67. The van der Waals surface area contributed by atoms with Crippen molar-refractivity contribution in [3.05, 3.63) is 35.6 Å². The fourth-order valence-corrected chi connectivity index (χ4v) is 2.74. The van der Waals surface area contributed by atoms with E-state index in [4.69, 9.17) is 0 Å². The van der Waals surface area contributed by atoms with Crippen molar-refractivity contribution in [1.82, 2.24) is 5.32 Å². The molecule has 19 heavy (non-hydrogen) atoms. The number of nitrogens with one attached hydrogen (secondary N) is 1. The van der Waals surface area contributed by atoms with Crippen molar-refractivity contribution in [2.24, 2.45) is 17.8 Å². The second-order valence-corrected chi connectivity index (χ2v) is 6.08. The maximum Gasteiger partial charge on any atom is 0.123 e. The van der Waals surface area contributed by atoms with Crippen LogP contribution in [0.15, 0.2) is 24.3 Å². The van der Waals surface area contributed by atoms with Gasteiger partial charge in [0.05, 0.1) is 0 Å². The van der Waals surface area contributed by atoms with E-state index in [2.05, 4.69) is 39.9 Å². The molecule has 108 valence electrons. The zero-order valence-electron chi connectivity index (χ0n) is 12.9. The predicted octanol–water partition coefficient (Wildman–Crippen LogP) is 4.79. The summed E-state index contributed by atoms with van der Waals surface area (Å²) in [7, 11) is 0. The van der Waals surface area contributed by atoms with Crippen LogP contribution in [0, 0.1) is 23.6 Å². The lowest BCUT2D eigenvalue weighted by Gasteiger charge is -2.28. The van der Waals surface area contributed by atoms with E-state index >= 15 is 0 Å². The van der Waals surface area contributed by atoms with Crippen molar-refractivity contribution in [3.63, 3.8) is 0 Å². The maximum absolute atomic E-state index is 13.3. The molecule has 0 radical (unpaired) electrons. The Kier molecular flexibility index (Phi) is 6.50. The van der Waals surface area contributed by atoms with Crippen molar-refractivity contribution < 1.29 is 4.39 Å². The first-order valence-corrected chi connectivity index (χ1v) is 7.44. The van der Waals surface area contributed by atoms with Crippen molar-refractivity contribution in [2.45, 2.75) is 47.1 Å². The Morgan fingerprint density at radius 3 is 2.21 bits per heavy atom. The smallest absolute Gasteiger partial charge is 0.123 e. The third-order valence-electron chi connectivity index (χ3n) is 3.97. The Morgan fingerprint density at radius 1 is 1.11 bits per heavy atom. The van der Waals surface area contributed by atoms with Crippen LogP contribution >= 0.6 is 0 Å². The summed E-state index contributed by atoms with van der Waals surface area (Å²) in [6.07, 6.45) is 0.979. The summed E-state index contributed by atoms with van der Waals surface area (Å²) in [5.41, 5.74) is 1.05.